The second-order valence-electron chi connectivity index (χ2n) is 11.3. The first-order valence-corrected chi connectivity index (χ1v) is 16.9. The Labute approximate surface area is 271 Å². The largest absolute Gasteiger partial charge is 0.490 e. The van der Waals surface area contributed by atoms with Crippen LogP contribution in [0.4, 0.5) is 0 Å². The Hall–Kier alpha value is -5.01. The number of rotatable bonds is 13. The fourth-order valence-electron chi connectivity index (χ4n) is 5.42. The monoisotopic (exact) mass is 654 g/mol. The molecule has 0 aliphatic carbocycles. The number of aliphatic hydroxyl groups excluding tert-OH is 2. The minimum Gasteiger partial charge on any atom is -0.490 e. The SMILES string of the molecule is CS(=O)(=O)NC(=O)c1ccc2c(Oc3ccc(C[C@@H](CO)NC[C@H](O)COc4cccc5[nH]c6ccccc6c45)cc3)ccnc2c1. The number of aromatic nitrogens is 2. The van der Waals surface area contributed by atoms with Gasteiger partial charge in [0.05, 0.1) is 23.9 Å². The molecule has 2 atom stereocenters. The lowest BCUT2D eigenvalue weighted by Crippen LogP contribution is -2.41. The van der Waals surface area contributed by atoms with Crippen molar-refractivity contribution in [3.63, 3.8) is 0 Å². The number of benzene rings is 4. The molecule has 6 rings (SSSR count). The zero-order valence-electron chi connectivity index (χ0n) is 25.5. The van der Waals surface area contributed by atoms with Crippen molar-refractivity contribution in [2.45, 2.75) is 18.6 Å². The molecule has 0 fully saturated rings. The maximum Gasteiger partial charge on any atom is 0.264 e. The molecule has 0 saturated heterocycles. The van der Waals surface area contributed by atoms with Gasteiger partial charge in [-0.3, -0.25) is 9.78 Å². The second kappa shape index (κ2) is 13.8. The maximum atomic E-state index is 12.2. The number of pyridine rings is 1. The highest BCUT2D eigenvalue weighted by Gasteiger charge is 2.16. The Kier molecular flexibility index (Phi) is 9.36. The van der Waals surface area contributed by atoms with Gasteiger partial charge in [0.1, 0.15) is 30.0 Å². The summed E-state index contributed by atoms with van der Waals surface area (Å²) in [5, 5.41) is 26.6. The van der Waals surface area contributed by atoms with Gasteiger partial charge in [-0.15, -0.1) is 0 Å². The summed E-state index contributed by atoms with van der Waals surface area (Å²) in [7, 11) is -3.70. The van der Waals surface area contributed by atoms with Crippen LogP contribution in [0.2, 0.25) is 0 Å². The highest BCUT2D eigenvalue weighted by Crippen LogP contribution is 2.33. The van der Waals surface area contributed by atoms with E-state index in [4.69, 9.17) is 9.47 Å². The van der Waals surface area contributed by atoms with Crippen molar-refractivity contribution < 1.29 is 32.9 Å². The summed E-state index contributed by atoms with van der Waals surface area (Å²) in [5.74, 6) is 1.05. The lowest BCUT2D eigenvalue weighted by Gasteiger charge is -2.20. The van der Waals surface area contributed by atoms with E-state index in [0.29, 0.717) is 34.6 Å². The van der Waals surface area contributed by atoms with Gasteiger partial charge in [0.2, 0.25) is 10.0 Å². The number of ether oxygens (including phenoxy) is 2. The van der Waals surface area contributed by atoms with Crippen molar-refractivity contribution in [1.82, 2.24) is 20.0 Å². The zero-order chi connectivity index (χ0) is 33.0. The van der Waals surface area contributed by atoms with Gasteiger partial charge >= 0.3 is 0 Å². The molecule has 47 heavy (non-hydrogen) atoms. The van der Waals surface area contributed by atoms with Crippen LogP contribution < -0.4 is 19.5 Å². The van der Waals surface area contributed by atoms with E-state index >= 15 is 0 Å². The van der Waals surface area contributed by atoms with Crippen LogP contribution in [0.15, 0.2) is 97.2 Å². The second-order valence-corrected chi connectivity index (χ2v) is 13.0. The smallest absolute Gasteiger partial charge is 0.264 e. The molecule has 0 saturated carbocycles. The van der Waals surface area contributed by atoms with Crippen LogP contribution in [0.25, 0.3) is 32.7 Å². The summed E-state index contributed by atoms with van der Waals surface area (Å²) in [6, 6.07) is 27.3. The van der Waals surface area contributed by atoms with Crippen molar-refractivity contribution >= 4 is 48.6 Å². The molecule has 0 unspecified atom stereocenters. The van der Waals surface area contributed by atoms with Crippen LogP contribution in [0.5, 0.6) is 17.2 Å². The van der Waals surface area contributed by atoms with Gasteiger partial charge in [-0.25, -0.2) is 13.1 Å². The van der Waals surface area contributed by atoms with E-state index in [2.05, 4.69) is 15.3 Å². The van der Waals surface area contributed by atoms with E-state index in [0.717, 1.165) is 33.6 Å². The number of para-hydroxylation sites is 1. The van der Waals surface area contributed by atoms with Gasteiger partial charge in [0.15, 0.2) is 0 Å². The number of H-pyrrole nitrogens is 1. The third kappa shape index (κ3) is 7.69. The minimum absolute atomic E-state index is 0.0919. The van der Waals surface area contributed by atoms with E-state index in [-0.39, 0.29) is 31.4 Å². The number of carbonyl (C=O) groups excluding carboxylic acids is 1. The normalized spacial score (nSPS) is 13.1. The number of amides is 1. The number of sulfonamides is 1. The molecule has 2 heterocycles. The van der Waals surface area contributed by atoms with Crippen LogP contribution in [0.1, 0.15) is 15.9 Å². The Balaban J connectivity index is 1.03. The first kappa shape index (κ1) is 32.0. The summed E-state index contributed by atoms with van der Waals surface area (Å²) in [4.78, 5) is 19.9. The van der Waals surface area contributed by atoms with Crippen LogP contribution in [0.3, 0.4) is 0 Å². The fourth-order valence-corrected chi connectivity index (χ4v) is 5.88. The molecule has 4 aromatic carbocycles. The van der Waals surface area contributed by atoms with Gasteiger partial charge in [-0.2, -0.15) is 0 Å². The number of aromatic amines is 1. The van der Waals surface area contributed by atoms with Gasteiger partial charge in [-0.1, -0.05) is 36.4 Å². The summed E-state index contributed by atoms with van der Waals surface area (Å²) in [5.41, 5.74) is 3.58. The standard InChI is InChI=1S/C35H34N4O7S/c1-47(43,44)39-35(42)23-11-14-27-31(18-23)36-16-15-32(27)46-26-12-9-22(10-13-26)17-24(20-40)37-19-25(41)21-45-33-8-4-7-30-34(33)28-5-2-3-6-29(28)38-30/h2-16,18,24-25,37-38,40-41H,17,19-21H2,1H3,(H,39,42)/t24-,25-/m0/s1. The molecular weight excluding hydrogens is 620 g/mol. The number of nitrogens with one attached hydrogen (secondary N) is 3. The molecule has 0 spiro atoms. The number of carbonyl (C=O) groups is 1. The molecule has 2 aromatic heterocycles. The highest BCUT2D eigenvalue weighted by molar-refractivity contribution is 7.89. The molecule has 242 valence electrons. The van der Waals surface area contributed by atoms with E-state index < -0.39 is 22.0 Å². The van der Waals surface area contributed by atoms with Gasteiger partial charge in [-0.05, 0) is 66.6 Å². The molecule has 0 bridgehead atoms. The van der Waals surface area contributed by atoms with E-state index in [1.54, 1.807) is 18.3 Å². The predicted octanol–water partition coefficient (Wildman–Crippen LogP) is 4.28. The van der Waals surface area contributed by atoms with Crippen molar-refractivity contribution in [1.29, 1.82) is 0 Å². The molecule has 12 heteroatoms. The Morgan fingerprint density at radius 3 is 2.51 bits per heavy atom. The predicted molar refractivity (Wildman–Crippen MR) is 180 cm³/mol. The summed E-state index contributed by atoms with van der Waals surface area (Å²) < 4.78 is 36.9. The summed E-state index contributed by atoms with van der Waals surface area (Å²) >= 11 is 0. The highest BCUT2D eigenvalue weighted by atomic mass is 32.2. The van der Waals surface area contributed by atoms with Crippen molar-refractivity contribution in [2.24, 2.45) is 0 Å². The third-order valence-corrected chi connectivity index (χ3v) is 8.22. The number of hydrogen-bond donors (Lipinski definition) is 5. The number of aliphatic hydroxyl groups is 2. The number of hydrogen-bond acceptors (Lipinski definition) is 9. The topological polar surface area (TPSA) is 163 Å². The molecule has 6 aromatic rings. The molecular formula is C35H34N4O7S. The summed E-state index contributed by atoms with van der Waals surface area (Å²) in [6.07, 6.45) is 2.19. The van der Waals surface area contributed by atoms with E-state index in [9.17, 15) is 23.4 Å². The Morgan fingerprint density at radius 1 is 0.936 bits per heavy atom. The van der Waals surface area contributed by atoms with Crippen molar-refractivity contribution in [3.8, 4) is 17.2 Å². The van der Waals surface area contributed by atoms with Crippen LogP contribution in [-0.4, -0.2) is 72.7 Å². The molecule has 5 N–H and O–H groups in total. The van der Waals surface area contributed by atoms with Crippen LogP contribution in [-0.2, 0) is 16.4 Å². The van der Waals surface area contributed by atoms with Gasteiger partial charge in [0, 0.05) is 46.0 Å². The molecule has 11 nitrogen and oxygen atoms in total. The number of nitrogens with zero attached hydrogens (tertiary/aromatic N) is 1. The molecule has 0 aliphatic rings. The van der Waals surface area contributed by atoms with Crippen molar-refractivity contribution in [3.05, 3.63) is 108 Å². The van der Waals surface area contributed by atoms with Crippen molar-refractivity contribution in [2.75, 3.05) is 26.0 Å². The van der Waals surface area contributed by atoms with Gasteiger partial charge in [0.25, 0.3) is 5.91 Å². The average molecular weight is 655 g/mol. The van der Waals surface area contributed by atoms with Crippen LogP contribution in [0, 0.1) is 0 Å². The average Bonchev–Trinajstić information content (AvgIpc) is 3.45. The summed E-state index contributed by atoms with van der Waals surface area (Å²) in [6.45, 7) is 0.214. The Bertz CT molecular complexity index is 2150. The lowest BCUT2D eigenvalue weighted by atomic mass is 10.1. The van der Waals surface area contributed by atoms with E-state index in [1.807, 2.05) is 71.5 Å². The first-order chi connectivity index (χ1) is 22.7. The molecule has 0 radical (unpaired) electrons. The third-order valence-electron chi connectivity index (χ3n) is 7.66. The zero-order valence-corrected chi connectivity index (χ0v) is 26.3. The maximum absolute atomic E-state index is 12.2. The molecule has 1 amide bonds. The van der Waals surface area contributed by atoms with Gasteiger partial charge < -0.3 is 30.0 Å². The van der Waals surface area contributed by atoms with Crippen LogP contribution >= 0.6 is 0 Å². The lowest BCUT2D eigenvalue weighted by molar-refractivity contribution is 0.0981. The fraction of sp³-hybridized carbons (Fsp3) is 0.200. The first-order valence-electron chi connectivity index (χ1n) is 15.0. The van der Waals surface area contributed by atoms with E-state index in [1.165, 1.54) is 12.1 Å². The minimum atomic E-state index is -3.70. The number of fused-ring (bicyclic) bond motifs is 4. The molecule has 0 aliphatic heterocycles. The quantitative estimate of drug-likeness (QED) is 0.122. The Morgan fingerprint density at radius 2 is 1.72 bits per heavy atom.